The summed E-state index contributed by atoms with van der Waals surface area (Å²) in [6.45, 7) is 0.752. The lowest BCUT2D eigenvalue weighted by Crippen LogP contribution is -2.28. The van der Waals surface area contributed by atoms with E-state index in [1.807, 2.05) is 48.5 Å². The van der Waals surface area contributed by atoms with E-state index in [0.29, 0.717) is 24.4 Å². The Morgan fingerprint density at radius 1 is 1.07 bits per heavy atom. The number of hydrogen-bond acceptors (Lipinski definition) is 5. The molecular weight excluding hydrogens is 376 g/mol. The summed E-state index contributed by atoms with van der Waals surface area (Å²) >= 11 is 0. The molecule has 6 heteroatoms. The predicted octanol–water partition coefficient (Wildman–Crippen LogP) is 4.20. The second-order valence-corrected chi connectivity index (χ2v) is 7.88. The van der Waals surface area contributed by atoms with Crippen molar-refractivity contribution < 1.29 is 9.84 Å². The minimum Gasteiger partial charge on any atom is -0.489 e. The largest absolute Gasteiger partial charge is 0.489 e. The molecule has 0 unspecified atom stereocenters. The summed E-state index contributed by atoms with van der Waals surface area (Å²) in [6, 6.07) is 18.5. The molecule has 4 aromatic rings. The van der Waals surface area contributed by atoms with Gasteiger partial charge in [0.1, 0.15) is 30.1 Å². The van der Waals surface area contributed by atoms with Crippen molar-refractivity contribution >= 4 is 16.9 Å². The van der Waals surface area contributed by atoms with Crippen molar-refractivity contribution in [3.8, 4) is 16.9 Å². The highest BCUT2D eigenvalue weighted by molar-refractivity contribution is 6.00. The first-order valence-electron chi connectivity index (χ1n) is 10.2. The average Bonchev–Trinajstić information content (AvgIpc) is 3.13. The van der Waals surface area contributed by atoms with E-state index in [9.17, 15) is 5.11 Å². The molecule has 0 bridgehead atoms. The van der Waals surface area contributed by atoms with Crippen LogP contribution >= 0.6 is 0 Å². The first-order chi connectivity index (χ1) is 14.7. The molecule has 0 saturated heterocycles. The molecule has 152 valence electrons. The van der Waals surface area contributed by atoms with Crippen LogP contribution < -0.4 is 10.5 Å². The first kappa shape index (κ1) is 18.6. The van der Waals surface area contributed by atoms with Crippen molar-refractivity contribution in [1.82, 2.24) is 14.5 Å². The number of aromatic nitrogens is 3. The van der Waals surface area contributed by atoms with Crippen LogP contribution in [0.25, 0.3) is 22.2 Å². The lowest BCUT2D eigenvalue weighted by molar-refractivity contribution is 0.114. The van der Waals surface area contributed by atoms with Crippen molar-refractivity contribution in [1.29, 1.82) is 0 Å². The van der Waals surface area contributed by atoms with Crippen LogP contribution in [0, 0.1) is 5.92 Å². The molecule has 1 aliphatic carbocycles. The molecule has 0 atom stereocenters. The third-order valence-electron chi connectivity index (χ3n) is 5.89. The van der Waals surface area contributed by atoms with E-state index in [-0.39, 0.29) is 6.61 Å². The second kappa shape index (κ2) is 7.80. The smallest absolute Gasteiger partial charge is 0.146 e. The Kier molecular flexibility index (Phi) is 4.85. The summed E-state index contributed by atoms with van der Waals surface area (Å²) in [5, 5.41) is 10.3. The summed E-state index contributed by atoms with van der Waals surface area (Å²) in [5.74, 6) is 1.64. The third-order valence-corrected chi connectivity index (χ3v) is 5.89. The van der Waals surface area contributed by atoms with Gasteiger partial charge in [0.25, 0.3) is 0 Å². The van der Waals surface area contributed by atoms with Crippen LogP contribution in [0.2, 0.25) is 0 Å². The number of aliphatic hydroxyl groups excluding tert-OH is 1. The molecule has 30 heavy (non-hydrogen) atoms. The summed E-state index contributed by atoms with van der Waals surface area (Å²) in [7, 11) is 0. The number of nitrogens with two attached hydrogens (primary N) is 1. The highest BCUT2D eigenvalue weighted by Gasteiger charge is 2.32. The van der Waals surface area contributed by atoms with E-state index < -0.39 is 0 Å². The maximum atomic E-state index is 9.39. The molecule has 2 heterocycles. The Morgan fingerprint density at radius 2 is 1.90 bits per heavy atom. The Bertz CT molecular complexity index is 1170. The van der Waals surface area contributed by atoms with E-state index in [1.165, 1.54) is 6.33 Å². The van der Waals surface area contributed by atoms with Crippen LogP contribution in [0.1, 0.15) is 24.4 Å². The van der Waals surface area contributed by atoms with Crippen molar-refractivity contribution in [2.75, 3.05) is 12.3 Å². The minimum absolute atomic E-state index is 0.237. The van der Waals surface area contributed by atoms with Crippen LogP contribution in [0.3, 0.4) is 0 Å². The van der Waals surface area contributed by atoms with Crippen LogP contribution in [0.5, 0.6) is 5.75 Å². The fourth-order valence-electron chi connectivity index (χ4n) is 4.18. The average molecular weight is 400 g/mol. The van der Waals surface area contributed by atoms with Crippen molar-refractivity contribution in [2.45, 2.75) is 25.5 Å². The molecule has 1 fully saturated rings. The van der Waals surface area contributed by atoms with Gasteiger partial charge in [0.2, 0.25) is 0 Å². The van der Waals surface area contributed by atoms with Crippen molar-refractivity contribution in [3.05, 3.63) is 72.7 Å². The van der Waals surface area contributed by atoms with Crippen molar-refractivity contribution in [3.63, 3.8) is 0 Å². The number of fused-ring (bicyclic) bond motifs is 1. The van der Waals surface area contributed by atoms with Crippen LogP contribution in [-0.2, 0) is 6.61 Å². The zero-order valence-corrected chi connectivity index (χ0v) is 16.6. The second-order valence-electron chi connectivity index (χ2n) is 7.88. The number of ether oxygens (including phenoxy) is 1. The van der Waals surface area contributed by atoms with E-state index in [1.54, 1.807) is 0 Å². The van der Waals surface area contributed by atoms with Gasteiger partial charge in [-0.25, -0.2) is 9.97 Å². The summed E-state index contributed by atoms with van der Waals surface area (Å²) in [4.78, 5) is 8.74. The fraction of sp³-hybridized carbons (Fsp3) is 0.250. The third kappa shape index (κ3) is 3.39. The molecule has 2 aromatic carbocycles. The predicted molar refractivity (Wildman–Crippen MR) is 117 cm³/mol. The zero-order valence-electron chi connectivity index (χ0n) is 16.6. The number of aliphatic hydroxyl groups is 1. The van der Waals surface area contributed by atoms with Crippen LogP contribution in [0.15, 0.2) is 67.1 Å². The standard InChI is InChI=1S/C24H24N4O2/c25-23-22-21(12-28(24(22)27-15-26-23)19-9-17(10-19)13-29)18-7-4-8-20(11-18)30-14-16-5-2-1-3-6-16/h1-8,11-12,15,17,19,29H,9-10,13-14H2,(H2,25,26,27)/t17-,19+. The summed E-state index contributed by atoms with van der Waals surface area (Å²) < 4.78 is 8.20. The molecule has 0 spiro atoms. The van der Waals surface area contributed by atoms with Gasteiger partial charge in [0.05, 0.1) is 5.39 Å². The van der Waals surface area contributed by atoms with E-state index in [0.717, 1.165) is 46.3 Å². The van der Waals surface area contributed by atoms with Gasteiger partial charge in [0.15, 0.2) is 0 Å². The van der Waals surface area contributed by atoms with Gasteiger partial charge in [-0.3, -0.25) is 0 Å². The Labute approximate surface area is 175 Å². The maximum Gasteiger partial charge on any atom is 0.146 e. The monoisotopic (exact) mass is 400 g/mol. The molecular formula is C24H24N4O2. The number of anilines is 1. The molecule has 1 aliphatic rings. The van der Waals surface area contributed by atoms with Crippen LogP contribution in [0.4, 0.5) is 5.82 Å². The number of nitrogen functional groups attached to an aromatic ring is 1. The molecule has 0 amide bonds. The quantitative estimate of drug-likeness (QED) is 0.506. The Morgan fingerprint density at radius 3 is 2.70 bits per heavy atom. The van der Waals surface area contributed by atoms with Gasteiger partial charge in [-0.15, -0.1) is 0 Å². The Hall–Kier alpha value is -3.38. The van der Waals surface area contributed by atoms with Crippen molar-refractivity contribution in [2.24, 2.45) is 5.92 Å². The summed E-state index contributed by atoms with van der Waals surface area (Å²) in [5.41, 5.74) is 10.2. The van der Waals surface area contributed by atoms with E-state index >= 15 is 0 Å². The topological polar surface area (TPSA) is 86.2 Å². The van der Waals surface area contributed by atoms with Gasteiger partial charge in [-0.1, -0.05) is 42.5 Å². The van der Waals surface area contributed by atoms with Gasteiger partial charge in [-0.2, -0.15) is 0 Å². The molecule has 0 aliphatic heterocycles. The maximum absolute atomic E-state index is 9.39. The lowest BCUT2D eigenvalue weighted by Gasteiger charge is -2.35. The molecule has 6 nitrogen and oxygen atoms in total. The number of rotatable bonds is 6. The molecule has 1 saturated carbocycles. The van der Waals surface area contributed by atoms with Gasteiger partial charge < -0.3 is 20.1 Å². The zero-order chi connectivity index (χ0) is 20.5. The normalized spacial score (nSPS) is 18.3. The first-order valence-corrected chi connectivity index (χ1v) is 10.2. The Balaban J connectivity index is 1.49. The number of benzene rings is 2. The molecule has 5 rings (SSSR count). The number of hydrogen-bond donors (Lipinski definition) is 2. The molecule has 0 radical (unpaired) electrons. The lowest BCUT2D eigenvalue weighted by atomic mass is 9.81. The van der Waals surface area contributed by atoms with Crippen LogP contribution in [-0.4, -0.2) is 26.2 Å². The molecule has 2 aromatic heterocycles. The number of nitrogens with zero attached hydrogens (tertiary/aromatic N) is 3. The SMILES string of the molecule is Nc1ncnc2c1c(-c1cccc(OCc3ccccc3)c1)cn2[C@H]1C[C@@H](CO)C1. The van der Waals surface area contributed by atoms with E-state index in [2.05, 4.69) is 26.8 Å². The summed E-state index contributed by atoms with van der Waals surface area (Å²) in [6.07, 6.45) is 5.53. The minimum atomic E-state index is 0.237. The highest BCUT2D eigenvalue weighted by atomic mass is 16.5. The highest BCUT2D eigenvalue weighted by Crippen LogP contribution is 2.42. The fourth-order valence-corrected chi connectivity index (χ4v) is 4.18. The van der Waals surface area contributed by atoms with Gasteiger partial charge >= 0.3 is 0 Å². The van der Waals surface area contributed by atoms with Gasteiger partial charge in [0, 0.05) is 24.4 Å². The van der Waals surface area contributed by atoms with E-state index in [4.69, 9.17) is 10.5 Å². The van der Waals surface area contributed by atoms with Gasteiger partial charge in [-0.05, 0) is 42.0 Å². The molecule has 3 N–H and O–H groups in total.